The molecule has 76 valence electrons. The third-order valence-corrected chi connectivity index (χ3v) is 2.32. The van der Waals surface area contributed by atoms with E-state index in [1.165, 1.54) is 0 Å². The summed E-state index contributed by atoms with van der Waals surface area (Å²) in [7, 11) is 2.07. The number of ether oxygens (including phenoxy) is 1. The zero-order valence-corrected chi connectivity index (χ0v) is 8.32. The molecule has 1 aliphatic rings. The molecule has 0 bridgehead atoms. The normalized spacial score (nSPS) is 22.7. The van der Waals surface area contributed by atoms with Crippen LogP contribution in [0.3, 0.4) is 0 Å². The molecular weight excluding hydrogens is 168 g/mol. The van der Waals surface area contributed by atoms with Crippen LogP contribution in [0.5, 0.6) is 0 Å². The first kappa shape index (κ1) is 10.5. The third-order valence-electron chi connectivity index (χ3n) is 2.32. The van der Waals surface area contributed by atoms with E-state index < -0.39 is 6.04 Å². The Morgan fingerprint density at radius 1 is 1.54 bits per heavy atom. The van der Waals surface area contributed by atoms with Crippen molar-refractivity contribution in [3.05, 3.63) is 0 Å². The Kier molecular flexibility index (Phi) is 3.69. The van der Waals surface area contributed by atoms with Gasteiger partial charge in [0.15, 0.2) is 0 Å². The molecule has 0 radical (unpaired) electrons. The zero-order chi connectivity index (χ0) is 9.84. The summed E-state index contributed by atoms with van der Waals surface area (Å²) < 4.78 is 5.21. The average molecular weight is 186 g/mol. The fourth-order valence-corrected chi connectivity index (χ4v) is 1.37. The minimum absolute atomic E-state index is 0.0784. The van der Waals surface area contributed by atoms with Crippen LogP contribution in [0, 0.1) is 0 Å². The molecule has 1 saturated heterocycles. The van der Waals surface area contributed by atoms with E-state index in [9.17, 15) is 4.79 Å². The zero-order valence-electron chi connectivity index (χ0n) is 8.32. The lowest BCUT2D eigenvalue weighted by Gasteiger charge is -2.28. The maximum absolute atomic E-state index is 11.1. The topological polar surface area (TPSA) is 55.6 Å². The van der Waals surface area contributed by atoms with E-state index in [2.05, 4.69) is 11.9 Å². The number of nitrogens with zero attached hydrogens (tertiary/aromatic N) is 1. The number of piperidine rings is 1. The van der Waals surface area contributed by atoms with Crippen LogP contribution in [0.15, 0.2) is 0 Å². The highest BCUT2D eigenvalue weighted by Gasteiger charge is 2.21. The van der Waals surface area contributed by atoms with Gasteiger partial charge in [0.05, 0.1) is 0 Å². The number of hydrogen-bond acceptors (Lipinski definition) is 4. The van der Waals surface area contributed by atoms with Crippen LogP contribution in [-0.4, -0.2) is 43.2 Å². The summed E-state index contributed by atoms with van der Waals surface area (Å²) in [6, 6.07) is -0.500. The second kappa shape index (κ2) is 4.58. The first-order valence-electron chi connectivity index (χ1n) is 4.74. The van der Waals surface area contributed by atoms with Crippen LogP contribution in [0.2, 0.25) is 0 Å². The number of rotatable bonds is 2. The molecular formula is C9H18N2O2. The molecule has 2 N–H and O–H groups in total. The van der Waals surface area contributed by atoms with Crippen LogP contribution in [0.25, 0.3) is 0 Å². The molecule has 1 heterocycles. The standard InChI is InChI=1S/C9H18N2O2/c1-7(10)9(12)13-8-3-5-11(2)6-4-8/h7-8H,3-6,10H2,1-2H3/t7-/m0/s1. The summed E-state index contributed by atoms with van der Waals surface area (Å²) in [6.45, 7) is 3.64. The van der Waals surface area contributed by atoms with Crippen molar-refractivity contribution in [1.82, 2.24) is 4.90 Å². The molecule has 4 nitrogen and oxygen atoms in total. The fourth-order valence-electron chi connectivity index (χ4n) is 1.37. The molecule has 0 unspecified atom stereocenters. The predicted molar refractivity (Wildman–Crippen MR) is 50.3 cm³/mol. The Morgan fingerprint density at radius 3 is 2.54 bits per heavy atom. The van der Waals surface area contributed by atoms with E-state index in [1.807, 2.05) is 0 Å². The van der Waals surface area contributed by atoms with E-state index in [1.54, 1.807) is 6.92 Å². The van der Waals surface area contributed by atoms with Crippen molar-refractivity contribution in [2.24, 2.45) is 5.73 Å². The second-order valence-corrected chi connectivity index (χ2v) is 3.73. The van der Waals surface area contributed by atoms with Gasteiger partial charge in [-0.05, 0) is 26.8 Å². The van der Waals surface area contributed by atoms with Crippen molar-refractivity contribution < 1.29 is 9.53 Å². The average Bonchev–Trinajstić information content (AvgIpc) is 2.08. The van der Waals surface area contributed by atoms with Crippen molar-refractivity contribution in [2.75, 3.05) is 20.1 Å². The van der Waals surface area contributed by atoms with Crippen LogP contribution in [0.1, 0.15) is 19.8 Å². The molecule has 0 saturated carbocycles. The number of esters is 1. The summed E-state index contributed by atoms with van der Waals surface area (Å²) in [5.41, 5.74) is 5.40. The maximum Gasteiger partial charge on any atom is 0.322 e. The molecule has 0 aromatic heterocycles. The first-order valence-corrected chi connectivity index (χ1v) is 4.74. The Bertz CT molecular complexity index is 174. The second-order valence-electron chi connectivity index (χ2n) is 3.73. The van der Waals surface area contributed by atoms with Gasteiger partial charge in [0.1, 0.15) is 12.1 Å². The van der Waals surface area contributed by atoms with Gasteiger partial charge in [0.25, 0.3) is 0 Å². The Morgan fingerprint density at radius 2 is 2.08 bits per heavy atom. The van der Waals surface area contributed by atoms with Gasteiger partial charge in [0.2, 0.25) is 0 Å². The number of nitrogens with two attached hydrogens (primary N) is 1. The summed E-state index contributed by atoms with van der Waals surface area (Å²) in [6.07, 6.45) is 1.93. The van der Waals surface area contributed by atoms with E-state index in [-0.39, 0.29) is 12.1 Å². The van der Waals surface area contributed by atoms with E-state index in [4.69, 9.17) is 10.5 Å². The summed E-state index contributed by atoms with van der Waals surface area (Å²) in [5, 5.41) is 0. The largest absolute Gasteiger partial charge is 0.461 e. The van der Waals surface area contributed by atoms with Crippen LogP contribution < -0.4 is 5.73 Å². The van der Waals surface area contributed by atoms with Crippen molar-refractivity contribution >= 4 is 5.97 Å². The van der Waals surface area contributed by atoms with Crippen molar-refractivity contribution in [1.29, 1.82) is 0 Å². The Labute approximate surface area is 79.0 Å². The van der Waals surface area contributed by atoms with E-state index in [0.717, 1.165) is 25.9 Å². The maximum atomic E-state index is 11.1. The molecule has 1 fully saturated rings. The predicted octanol–water partition coefficient (Wildman–Crippen LogP) is -0.0290. The first-order chi connectivity index (χ1) is 6.09. The quantitative estimate of drug-likeness (QED) is 0.615. The highest BCUT2D eigenvalue weighted by Crippen LogP contribution is 2.12. The molecule has 0 spiro atoms. The molecule has 4 heteroatoms. The molecule has 1 aliphatic heterocycles. The van der Waals surface area contributed by atoms with Gasteiger partial charge >= 0.3 is 5.97 Å². The number of carbonyl (C=O) groups excluding carboxylic acids is 1. The van der Waals surface area contributed by atoms with Crippen molar-refractivity contribution in [3.63, 3.8) is 0 Å². The van der Waals surface area contributed by atoms with Gasteiger partial charge < -0.3 is 15.4 Å². The highest BCUT2D eigenvalue weighted by atomic mass is 16.5. The smallest absolute Gasteiger partial charge is 0.322 e. The molecule has 1 atom stereocenters. The Hall–Kier alpha value is -0.610. The Balaban J connectivity index is 2.26. The van der Waals surface area contributed by atoms with Crippen LogP contribution in [0.4, 0.5) is 0 Å². The van der Waals surface area contributed by atoms with E-state index in [0.29, 0.717) is 0 Å². The summed E-state index contributed by atoms with van der Waals surface area (Å²) in [5.74, 6) is -0.283. The van der Waals surface area contributed by atoms with Gasteiger partial charge in [-0.15, -0.1) is 0 Å². The molecule has 0 amide bonds. The number of carbonyl (C=O) groups is 1. The van der Waals surface area contributed by atoms with Gasteiger partial charge in [0, 0.05) is 13.1 Å². The SMILES string of the molecule is C[C@H](N)C(=O)OC1CCN(C)CC1. The number of hydrogen-bond donors (Lipinski definition) is 1. The molecule has 0 aliphatic carbocycles. The molecule has 0 aromatic rings. The highest BCUT2D eigenvalue weighted by molar-refractivity contribution is 5.75. The minimum Gasteiger partial charge on any atom is -0.461 e. The lowest BCUT2D eigenvalue weighted by Crippen LogP contribution is -2.38. The van der Waals surface area contributed by atoms with Crippen molar-refractivity contribution in [3.8, 4) is 0 Å². The fraction of sp³-hybridized carbons (Fsp3) is 0.889. The van der Waals surface area contributed by atoms with Gasteiger partial charge in [-0.1, -0.05) is 0 Å². The number of likely N-dealkylation sites (tertiary alicyclic amines) is 1. The summed E-state index contributed by atoms with van der Waals surface area (Å²) >= 11 is 0. The van der Waals surface area contributed by atoms with Gasteiger partial charge in [-0.2, -0.15) is 0 Å². The molecule has 1 rings (SSSR count). The third kappa shape index (κ3) is 3.32. The van der Waals surface area contributed by atoms with Gasteiger partial charge in [-0.25, -0.2) is 0 Å². The van der Waals surface area contributed by atoms with Crippen molar-refractivity contribution in [2.45, 2.75) is 31.9 Å². The van der Waals surface area contributed by atoms with Crippen LogP contribution in [-0.2, 0) is 9.53 Å². The lowest BCUT2D eigenvalue weighted by molar-refractivity contribution is -0.152. The van der Waals surface area contributed by atoms with Crippen LogP contribution >= 0.6 is 0 Å². The monoisotopic (exact) mass is 186 g/mol. The molecule has 13 heavy (non-hydrogen) atoms. The minimum atomic E-state index is -0.500. The summed E-state index contributed by atoms with van der Waals surface area (Å²) in [4.78, 5) is 13.4. The lowest BCUT2D eigenvalue weighted by atomic mass is 10.1. The van der Waals surface area contributed by atoms with Gasteiger partial charge in [-0.3, -0.25) is 4.79 Å². The van der Waals surface area contributed by atoms with E-state index >= 15 is 0 Å². The molecule has 0 aromatic carbocycles.